The monoisotopic (exact) mass is 455 g/mol. The number of nitrogens with zero attached hydrogens (tertiary/aromatic N) is 2. The Morgan fingerprint density at radius 3 is 2.34 bits per heavy atom. The molecule has 1 amide bonds. The molecule has 32 heavy (non-hydrogen) atoms. The van der Waals surface area contributed by atoms with Crippen molar-refractivity contribution in [3.8, 4) is 11.4 Å². The molecule has 0 aliphatic heterocycles. The van der Waals surface area contributed by atoms with Gasteiger partial charge in [0.15, 0.2) is 0 Å². The Labute approximate surface area is 179 Å². The van der Waals surface area contributed by atoms with Crippen LogP contribution in [0.4, 0.5) is 32.4 Å². The molecule has 0 radical (unpaired) electrons. The average molecular weight is 455 g/mol. The number of carbonyl (C=O) groups is 1. The van der Waals surface area contributed by atoms with E-state index >= 15 is 0 Å². The second-order valence-corrected chi connectivity index (χ2v) is 6.72. The first-order valence-corrected chi connectivity index (χ1v) is 9.20. The summed E-state index contributed by atoms with van der Waals surface area (Å²) in [5.74, 6) is -4.82. The molecule has 3 aromatic rings. The van der Waals surface area contributed by atoms with E-state index in [1.54, 1.807) is 37.3 Å². The lowest BCUT2D eigenvalue weighted by molar-refractivity contribution is -0.291. The van der Waals surface area contributed by atoms with Gasteiger partial charge in [-0.3, -0.25) is 5.32 Å². The zero-order chi connectivity index (χ0) is 23.5. The minimum absolute atomic E-state index is 0.00968. The van der Waals surface area contributed by atoms with Gasteiger partial charge in [0.1, 0.15) is 18.1 Å². The van der Waals surface area contributed by atoms with Crippen LogP contribution in [-0.4, -0.2) is 29.2 Å². The lowest BCUT2D eigenvalue weighted by Crippen LogP contribution is -2.34. The van der Waals surface area contributed by atoms with Gasteiger partial charge in [-0.2, -0.15) is 27.1 Å². The van der Waals surface area contributed by atoms with E-state index in [2.05, 4.69) is 15.2 Å². The molecular weight excluding hydrogens is 437 g/mol. The summed E-state index contributed by atoms with van der Waals surface area (Å²) in [6.07, 6.45) is -6.45. The fraction of sp³-hybridized carbons (Fsp3) is 0.238. The predicted molar refractivity (Wildman–Crippen MR) is 105 cm³/mol. The van der Waals surface area contributed by atoms with E-state index in [9.17, 15) is 26.7 Å². The summed E-state index contributed by atoms with van der Waals surface area (Å²) in [7, 11) is 1.22. The summed E-state index contributed by atoms with van der Waals surface area (Å²) >= 11 is 0. The van der Waals surface area contributed by atoms with Crippen LogP contribution >= 0.6 is 0 Å². The highest BCUT2D eigenvalue weighted by Gasteiger charge is 2.60. The maximum Gasteiger partial charge on any atom is 0.459 e. The first kappa shape index (κ1) is 23.0. The topological polar surface area (TPSA) is 65.4 Å². The highest BCUT2D eigenvalue weighted by molar-refractivity contribution is 5.85. The molecular formula is C21H18F5N3O3. The van der Waals surface area contributed by atoms with Crippen molar-refractivity contribution in [3.63, 3.8) is 0 Å². The summed E-state index contributed by atoms with van der Waals surface area (Å²) in [6.45, 7) is 1.35. The fourth-order valence-corrected chi connectivity index (χ4v) is 2.80. The van der Waals surface area contributed by atoms with E-state index in [4.69, 9.17) is 4.74 Å². The summed E-state index contributed by atoms with van der Waals surface area (Å²) in [5, 5.41) is 6.01. The number of anilines is 1. The highest BCUT2D eigenvalue weighted by Crippen LogP contribution is 2.43. The molecule has 1 N–H and O–H groups in total. The minimum atomic E-state index is -5.79. The molecule has 0 saturated carbocycles. The van der Waals surface area contributed by atoms with Gasteiger partial charge >= 0.3 is 18.2 Å². The predicted octanol–water partition coefficient (Wildman–Crippen LogP) is 5.59. The van der Waals surface area contributed by atoms with Crippen molar-refractivity contribution in [1.82, 2.24) is 9.78 Å². The maximum absolute atomic E-state index is 13.9. The van der Waals surface area contributed by atoms with Crippen molar-refractivity contribution < 1.29 is 36.2 Å². The lowest BCUT2D eigenvalue weighted by Gasteiger charge is -2.16. The van der Waals surface area contributed by atoms with Crippen molar-refractivity contribution in [2.24, 2.45) is 0 Å². The van der Waals surface area contributed by atoms with Crippen LogP contribution in [-0.2, 0) is 17.3 Å². The molecule has 0 atom stereocenters. The van der Waals surface area contributed by atoms with Crippen LogP contribution in [0.3, 0.4) is 0 Å². The number of methoxy groups -OCH3 is 1. The van der Waals surface area contributed by atoms with Gasteiger partial charge in [0.25, 0.3) is 0 Å². The molecule has 6 nitrogen and oxygen atoms in total. The molecule has 0 aliphatic carbocycles. The van der Waals surface area contributed by atoms with Gasteiger partial charge in [-0.25, -0.2) is 9.48 Å². The summed E-state index contributed by atoms with van der Waals surface area (Å²) in [6, 6.07) is 13.2. The third kappa shape index (κ3) is 4.82. The van der Waals surface area contributed by atoms with Crippen LogP contribution in [0.2, 0.25) is 0 Å². The Morgan fingerprint density at radius 2 is 1.75 bits per heavy atom. The molecule has 0 saturated heterocycles. The van der Waals surface area contributed by atoms with Gasteiger partial charge in [-0.15, -0.1) is 0 Å². The van der Waals surface area contributed by atoms with Crippen molar-refractivity contribution >= 4 is 11.8 Å². The van der Waals surface area contributed by atoms with E-state index in [1.165, 1.54) is 25.3 Å². The van der Waals surface area contributed by atoms with Gasteiger partial charge in [-0.1, -0.05) is 18.2 Å². The zero-order valence-corrected chi connectivity index (χ0v) is 16.9. The van der Waals surface area contributed by atoms with Gasteiger partial charge in [0.05, 0.1) is 18.5 Å². The summed E-state index contributed by atoms with van der Waals surface area (Å²) in [5.41, 5.74) is -0.0608. The third-order valence-electron chi connectivity index (χ3n) is 4.47. The van der Waals surface area contributed by atoms with Gasteiger partial charge in [-0.05, 0) is 48.9 Å². The van der Waals surface area contributed by atoms with Crippen LogP contribution in [0.1, 0.15) is 17.0 Å². The van der Waals surface area contributed by atoms with Crippen molar-refractivity contribution in [3.05, 3.63) is 71.5 Å². The number of ether oxygens (including phenoxy) is 2. The SMILES string of the molecule is COC(=O)Nc1ccc(OCc2cc(C(F)(F)C(F)(F)F)nn2-c2ccccc2)cc1C. The van der Waals surface area contributed by atoms with E-state index < -0.39 is 23.9 Å². The lowest BCUT2D eigenvalue weighted by atomic mass is 10.2. The summed E-state index contributed by atoms with van der Waals surface area (Å²) < 4.78 is 77.4. The van der Waals surface area contributed by atoms with Crippen LogP contribution in [0.5, 0.6) is 5.75 Å². The molecule has 0 spiro atoms. The zero-order valence-electron chi connectivity index (χ0n) is 16.9. The fourth-order valence-electron chi connectivity index (χ4n) is 2.80. The van der Waals surface area contributed by atoms with Gasteiger partial charge in [0, 0.05) is 5.69 Å². The minimum Gasteiger partial charge on any atom is -0.487 e. The molecule has 0 fully saturated rings. The Hall–Kier alpha value is -3.63. The number of carbonyl (C=O) groups excluding carboxylic acids is 1. The van der Waals surface area contributed by atoms with E-state index in [1.807, 2.05) is 0 Å². The first-order chi connectivity index (χ1) is 15.0. The van der Waals surface area contributed by atoms with Gasteiger partial charge in [0.2, 0.25) is 0 Å². The van der Waals surface area contributed by atoms with Gasteiger partial charge < -0.3 is 9.47 Å². The number of para-hydroxylation sites is 1. The largest absolute Gasteiger partial charge is 0.487 e. The Kier molecular flexibility index (Phi) is 6.37. The molecule has 0 aliphatic rings. The van der Waals surface area contributed by atoms with E-state index in [0.717, 1.165) is 4.68 Å². The molecule has 170 valence electrons. The smallest absolute Gasteiger partial charge is 0.459 e. The number of benzene rings is 2. The number of halogens is 5. The molecule has 11 heteroatoms. The molecule has 3 rings (SSSR count). The standard InChI is InChI=1S/C21H18F5N3O3/c1-13-10-16(8-9-17(13)27-19(30)31-2)32-12-15-11-18(20(22,23)21(24,25)26)28-29(15)14-6-4-3-5-7-14/h3-11H,12H2,1-2H3,(H,27,30). The third-order valence-corrected chi connectivity index (χ3v) is 4.47. The number of rotatable bonds is 6. The van der Waals surface area contributed by atoms with E-state index in [-0.39, 0.29) is 12.3 Å². The Morgan fingerprint density at radius 1 is 1.06 bits per heavy atom. The quantitative estimate of drug-likeness (QED) is 0.492. The first-order valence-electron chi connectivity index (χ1n) is 9.20. The second-order valence-electron chi connectivity index (χ2n) is 6.72. The average Bonchev–Trinajstić information content (AvgIpc) is 3.18. The van der Waals surface area contributed by atoms with Crippen molar-refractivity contribution in [2.75, 3.05) is 12.4 Å². The van der Waals surface area contributed by atoms with Crippen LogP contribution < -0.4 is 10.1 Å². The van der Waals surface area contributed by atoms with E-state index in [0.29, 0.717) is 28.8 Å². The Bertz CT molecular complexity index is 1100. The summed E-state index contributed by atoms with van der Waals surface area (Å²) in [4.78, 5) is 11.3. The number of hydrogen-bond acceptors (Lipinski definition) is 4. The van der Waals surface area contributed by atoms with Crippen LogP contribution in [0, 0.1) is 6.92 Å². The molecule has 0 bridgehead atoms. The number of amides is 1. The molecule has 0 unspecified atom stereocenters. The van der Waals surface area contributed by atoms with Crippen LogP contribution in [0.15, 0.2) is 54.6 Å². The number of aryl methyl sites for hydroxylation is 1. The number of aromatic nitrogens is 2. The maximum atomic E-state index is 13.9. The molecule has 2 aromatic carbocycles. The van der Waals surface area contributed by atoms with Crippen molar-refractivity contribution in [2.45, 2.75) is 25.6 Å². The molecule has 1 aromatic heterocycles. The van der Waals surface area contributed by atoms with Crippen LogP contribution in [0.25, 0.3) is 5.69 Å². The normalized spacial score (nSPS) is 11.8. The Balaban J connectivity index is 1.89. The number of nitrogens with one attached hydrogen (secondary N) is 1. The number of alkyl halides is 5. The van der Waals surface area contributed by atoms with Crippen molar-refractivity contribution in [1.29, 1.82) is 0 Å². The molecule has 1 heterocycles. The number of hydrogen-bond donors (Lipinski definition) is 1. The highest BCUT2D eigenvalue weighted by atomic mass is 19.4. The second kappa shape index (κ2) is 8.85.